The Morgan fingerprint density at radius 2 is 1.96 bits per heavy atom. The number of benzene rings is 1. The van der Waals surface area contributed by atoms with E-state index in [1.165, 1.54) is 35.2 Å². The molecule has 144 valence electrons. The summed E-state index contributed by atoms with van der Waals surface area (Å²) in [5.41, 5.74) is 0.0531. The number of hydrogen-bond acceptors (Lipinski definition) is 4. The van der Waals surface area contributed by atoms with Crippen LogP contribution in [0.15, 0.2) is 40.8 Å². The van der Waals surface area contributed by atoms with Crippen molar-refractivity contribution in [1.82, 2.24) is 4.90 Å². The van der Waals surface area contributed by atoms with Crippen LogP contribution in [0.25, 0.3) is 11.3 Å². The van der Waals surface area contributed by atoms with Crippen molar-refractivity contribution in [1.29, 1.82) is 0 Å². The number of furan rings is 1. The molecule has 1 aliphatic rings. The van der Waals surface area contributed by atoms with E-state index in [1.54, 1.807) is 0 Å². The molecule has 1 fully saturated rings. The molecular formula is C18H16F3NO5. The predicted molar refractivity (Wildman–Crippen MR) is 87.1 cm³/mol. The summed E-state index contributed by atoms with van der Waals surface area (Å²) in [5.74, 6) is -1.95. The Morgan fingerprint density at radius 3 is 2.67 bits per heavy atom. The van der Waals surface area contributed by atoms with E-state index in [0.29, 0.717) is 19.4 Å². The summed E-state index contributed by atoms with van der Waals surface area (Å²) in [6.45, 7) is 0.403. The van der Waals surface area contributed by atoms with Crippen molar-refractivity contribution in [3.05, 3.63) is 42.2 Å². The van der Waals surface area contributed by atoms with E-state index < -0.39 is 30.0 Å². The van der Waals surface area contributed by atoms with Gasteiger partial charge >= 0.3 is 12.3 Å². The number of aliphatic carboxylic acids is 1. The predicted octanol–water partition coefficient (Wildman–Crippen LogP) is 3.92. The number of amides is 1. The van der Waals surface area contributed by atoms with Crippen molar-refractivity contribution in [2.75, 3.05) is 6.54 Å². The van der Waals surface area contributed by atoms with Gasteiger partial charge in [-0.05, 0) is 37.1 Å². The fourth-order valence-corrected chi connectivity index (χ4v) is 3.14. The maximum absolute atomic E-state index is 12.6. The number of carbonyl (C=O) groups excluding carboxylic acids is 1. The molecule has 1 unspecified atom stereocenters. The molecule has 27 heavy (non-hydrogen) atoms. The minimum absolute atomic E-state index is 0.0483. The first kappa shape index (κ1) is 18.8. The lowest BCUT2D eigenvalue weighted by Gasteiger charge is -2.22. The topological polar surface area (TPSA) is 80.0 Å². The summed E-state index contributed by atoms with van der Waals surface area (Å²) in [7, 11) is 0. The third kappa shape index (κ3) is 4.42. The number of likely N-dealkylation sites (tertiary alicyclic amines) is 1. The first-order valence-corrected chi connectivity index (χ1v) is 8.22. The first-order valence-electron chi connectivity index (χ1n) is 8.22. The Hall–Kier alpha value is -2.97. The fraction of sp³-hybridized carbons (Fsp3) is 0.333. The van der Waals surface area contributed by atoms with E-state index in [2.05, 4.69) is 4.74 Å². The van der Waals surface area contributed by atoms with Crippen LogP contribution in [0.1, 0.15) is 29.8 Å². The summed E-state index contributed by atoms with van der Waals surface area (Å²) >= 11 is 0. The highest BCUT2D eigenvalue weighted by molar-refractivity contribution is 5.93. The third-order valence-corrected chi connectivity index (χ3v) is 4.24. The quantitative estimate of drug-likeness (QED) is 0.846. The molecule has 2 aromatic rings. The van der Waals surface area contributed by atoms with Crippen LogP contribution in [0.4, 0.5) is 13.2 Å². The summed E-state index contributed by atoms with van der Waals surface area (Å²) in [6.07, 6.45) is -3.77. The van der Waals surface area contributed by atoms with Crippen LogP contribution in [0.2, 0.25) is 0 Å². The van der Waals surface area contributed by atoms with Crippen LogP contribution in [-0.2, 0) is 4.79 Å². The van der Waals surface area contributed by atoms with Gasteiger partial charge in [-0.1, -0.05) is 12.1 Å². The molecule has 1 aromatic carbocycles. The number of para-hydroxylation sites is 1. The highest BCUT2D eigenvalue weighted by atomic mass is 19.4. The summed E-state index contributed by atoms with van der Waals surface area (Å²) in [4.78, 5) is 25.0. The highest BCUT2D eigenvalue weighted by Crippen LogP contribution is 2.35. The van der Waals surface area contributed by atoms with Gasteiger partial charge in [-0.15, -0.1) is 13.2 Å². The average molecular weight is 383 g/mol. The zero-order valence-electron chi connectivity index (χ0n) is 14.0. The second-order valence-electron chi connectivity index (χ2n) is 6.10. The fourth-order valence-electron chi connectivity index (χ4n) is 3.14. The van der Waals surface area contributed by atoms with Gasteiger partial charge in [0.1, 0.15) is 11.5 Å². The number of hydrogen-bond donors (Lipinski definition) is 1. The molecule has 2 heterocycles. The molecule has 1 amide bonds. The SMILES string of the molecule is O=C(O)CC1CCCN1C(=O)c1ccc(-c2ccccc2OC(F)(F)F)o1. The van der Waals surface area contributed by atoms with Gasteiger partial charge in [-0.25, -0.2) is 0 Å². The molecule has 0 aliphatic carbocycles. The van der Waals surface area contributed by atoms with Gasteiger partial charge in [0.15, 0.2) is 5.76 Å². The number of ether oxygens (including phenoxy) is 1. The molecule has 1 aliphatic heterocycles. The molecule has 1 N–H and O–H groups in total. The largest absolute Gasteiger partial charge is 0.573 e. The van der Waals surface area contributed by atoms with Crippen LogP contribution in [0, 0.1) is 0 Å². The number of carbonyl (C=O) groups is 2. The second kappa shape index (κ2) is 7.34. The van der Waals surface area contributed by atoms with Gasteiger partial charge in [0.2, 0.25) is 0 Å². The van der Waals surface area contributed by atoms with Crippen molar-refractivity contribution < 1.29 is 37.0 Å². The van der Waals surface area contributed by atoms with Crippen LogP contribution in [-0.4, -0.2) is 40.8 Å². The lowest BCUT2D eigenvalue weighted by molar-refractivity contribution is -0.274. The summed E-state index contributed by atoms with van der Waals surface area (Å²) in [5, 5.41) is 8.95. The lowest BCUT2D eigenvalue weighted by atomic mass is 10.1. The van der Waals surface area contributed by atoms with Crippen LogP contribution in [0.5, 0.6) is 5.75 Å². The van der Waals surface area contributed by atoms with Crippen molar-refractivity contribution >= 4 is 11.9 Å². The third-order valence-electron chi connectivity index (χ3n) is 4.24. The summed E-state index contributed by atoms with van der Waals surface area (Å²) < 4.78 is 47.1. The molecule has 9 heteroatoms. The number of rotatable bonds is 5. The Morgan fingerprint density at radius 1 is 1.22 bits per heavy atom. The van der Waals surface area contributed by atoms with Crippen LogP contribution in [0.3, 0.4) is 0 Å². The van der Waals surface area contributed by atoms with E-state index in [0.717, 1.165) is 6.07 Å². The number of alkyl halides is 3. The molecule has 0 saturated carbocycles. The Bertz CT molecular complexity index is 846. The highest BCUT2D eigenvalue weighted by Gasteiger charge is 2.34. The van der Waals surface area contributed by atoms with Crippen LogP contribution >= 0.6 is 0 Å². The number of nitrogens with zero attached hydrogens (tertiary/aromatic N) is 1. The Balaban J connectivity index is 1.83. The van der Waals surface area contributed by atoms with Gasteiger partial charge < -0.3 is 19.2 Å². The minimum atomic E-state index is -4.86. The molecule has 1 saturated heterocycles. The Kier molecular flexibility index (Phi) is 5.11. The van der Waals surface area contributed by atoms with Crippen LogP contribution < -0.4 is 4.74 Å². The minimum Gasteiger partial charge on any atom is -0.481 e. The molecule has 0 bridgehead atoms. The summed E-state index contributed by atoms with van der Waals surface area (Å²) in [6, 6.07) is 7.76. The van der Waals surface area contributed by atoms with E-state index in [4.69, 9.17) is 9.52 Å². The van der Waals surface area contributed by atoms with Gasteiger partial charge in [0.25, 0.3) is 5.91 Å². The maximum Gasteiger partial charge on any atom is 0.573 e. The molecular weight excluding hydrogens is 367 g/mol. The van der Waals surface area contributed by atoms with E-state index in [-0.39, 0.29) is 23.5 Å². The van der Waals surface area contributed by atoms with Crippen molar-refractivity contribution in [2.45, 2.75) is 31.7 Å². The molecule has 1 aromatic heterocycles. The first-order chi connectivity index (χ1) is 12.7. The van der Waals surface area contributed by atoms with E-state index in [1.807, 2.05) is 0 Å². The van der Waals surface area contributed by atoms with Crippen molar-refractivity contribution in [3.8, 4) is 17.1 Å². The second-order valence-corrected chi connectivity index (χ2v) is 6.10. The molecule has 6 nitrogen and oxygen atoms in total. The number of carboxylic acid groups (broad SMARTS) is 1. The number of halogens is 3. The Labute approximate surface area is 152 Å². The van der Waals surface area contributed by atoms with E-state index in [9.17, 15) is 22.8 Å². The standard InChI is InChI=1S/C18H16F3NO5/c19-18(20,21)27-14-6-2-1-5-12(14)13-7-8-15(26-13)17(25)22-9-3-4-11(22)10-16(23)24/h1-2,5-8,11H,3-4,9-10H2,(H,23,24). The molecule has 3 rings (SSSR count). The average Bonchev–Trinajstić information content (AvgIpc) is 3.22. The van der Waals surface area contributed by atoms with Gasteiger partial charge in [0.05, 0.1) is 12.0 Å². The molecule has 1 atom stereocenters. The lowest BCUT2D eigenvalue weighted by Crippen LogP contribution is -2.36. The number of carboxylic acids is 1. The smallest absolute Gasteiger partial charge is 0.481 e. The van der Waals surface area contributed by atoms with E-state index >= 15 is 0 Å². The zero-order valence-corrected chi connectivity index (χ0v) is 14.0. The molecule has 0 radical (unpaired) electrons. The zero-order chi connectivity index (χ0) is 19.6. The van der Waals surface area contributed by atoms with Crippen molar-refractivity contribution in [3.63, 3.8) is 0 Å². The molecule has 0 spiro atoms. The monoisotopic (exact) mass is 383 g/mol. The van der Waals surface area contributed by atoms with Crippen molar-refractivity contribution in [2.24, 2.45) is 0 Å². The van der Waals surface area contributed by atoms with Gasteiger partial charge in [0, 0.05) is 12.6 Å². The van der Waals surface area contributed by atoms with Gasteiger partial charge in [-0.3, -0.25) is 9.59 Å². The normalized spacial score (nSPS) is 17.1. The maximum atomic E-state index is 12.6. The van der Waals surface area contributed by atoms with Gasteiger partial charge in [-0.2, -0.15) is 0 Å².